The first kappa shape index (κ1) is 108. The Morgan fingerprint density at radius 1 is 0.383 bits per heavy atom. The number of benzene rings is 4. The van der Waals surface area contributed by atoms with Crippen molar-refractivity contribution >= 4 is 94.8 Å². The maximum atomic E-state index is 15.6. The molecule has 36 nitrogen and oxygen atoms in total. The normalized spacial score (nSPS) is 13.7. The van der Waals surface area contributed by atoms with Crippen LogP contribution in [0.5, 0.6) is 0 Å². The number of aliphatic hydroxyl groups excluding tert-OH is 2. The number of aromatic nitrogens is 2. The zero-order valence-corrected chi connectivity index (χ0v) is 76.4. The number of carbonyl (C=O) groups excluding carboxylic acids is 12. The fourth-order valence-electron chi connectivity index (χ4n) is 15.0. The van der Waals surface area contributed by atoms with Gasteiger partial charge in [0.1, 0.15) is 84.8 Å². The fourth-order valence-corrected chi connectivity index (χ4v) is 15.0. The third-order valence-corrected chi connectivity index (χ3v) is 21.8. The van der Waals surface area contributed by atoms with Crippen LogP contribution in [0.4, 0.5) is 17.6 Å². The molecular weight excluding hydrogens is 1740 g/mol. The third kappa shape index (κ3) is 33.7. The maximum absolute atomic E-state index is 15.6. The van der Waals surface area contributed by atoms with Crippen LogP contribution < -0.4 is 53.2 Å². The summed E-state index contributed by atoms with van der Waals surface area (Å²) in [5.41, 5.74) is 0.556. The van der Waals surface area contributed by atoms with Crippen molar-refractivity contribution < 1.29 is 125 Å². The Morgan fingerprint density at radius 2 is 0.722 bits per heavy atom. The van der Waals surface area contributed by atoms with E-state index >= 15 is 8.78 Å². The number of aliphatic carboxylic acids is 4. The van der Waals surface area contributed by atoms with Gasteiger partial charge in [-0.1, -0.05) is 130 Å². The number of aliphatic hydroxyl groups is 2. The minimum Gasteiger partial charge on any atom is -0.481 e. The van der Waals surface area contributed by atoms with Crippen molar-refractivity contribution in [1.29, 1.82) is 0 Å². The highest BCUT2D eigenvalue weighted by molar-refractivity contribution is 5.96. The molecule has 4 aromatic carbocycles. The summed E-state index contributed by atoms with van der Waals surface area (Å²) in [5, 5.41) is 83.7. The Morgan fingerprint density at radius 3 is 1.03 bits per heavy atom. The van der Waals surface area contributed by atoms with Gasteiger partial charge in [0.05, 0.1) is 12.1 Å². The molecule has 0 fully saturated rings. The third-order valence-electron chi connectivity index (χ3n) is 21.8. The number of carboxylic acids is 4. The van der Waals surface area contributed by atoms with Gasteiger partial charge in [-0.05, 0) is 128 Å². The van der Waals surface area contributed by atoms with Crippen LogP contribution in [0.3, 0.4) is 0 Å². The Bertz CT molecular complexity index is 4790. The topological polar surface area (TPSA) is 531 Å². The first-order chi connectivity index (χ1) is 62.5. The molecule has 16 N–H and O–H groups in total. The lowest BCUT2D eigenvalue weighted by Crippen LogP contribution is -2.57. The van der Waals surface area contributed by atoms with Gasteiger partial charge in [0.15, 0.2) is 0 Å². The predicted molar refractivity (Wildman–Crippen MR) is 476 cm³/mol. The number of halogens is 4. The number of rotatable bonds is 52. The monoisotopic (exact) mass is 1860 g/mol. The van der Waals surface area contributed by atoms with Crippen LogP contribution in [0, 0.1) is 45.9 Å². The molecule has 6 rings (SSSR count). The molecule has 12 amide bonds. The minimum atomic E-state index is -1.65. The minimum absolute atomic E-state index is 0.111. The molecule has 0 bridgehead atoms. The summed E-state index contributed by atoms with van der Waals surface area (Å²) in [6.45, 7) is 15.7. The van der Waals surface area contributed by atoms with Gasteiger partial charge in [0.25, 0.3) is 0 Å². The van der Waals surface area contributed by atoms with E-state index in [0.29, 0.717) is 11.4 Å². The zero-order chi connectivity index (χ0) is 99.1. The smallest absolute Gasteiger partial charge is 0.326 e. The molecule has 0 saturated heterocycles. The van der Waals surface area contributed by atoms with E-state index in [2.05, 4.69) is 53.2 Å². The number of nitrogens with zero attached hydrogens (tertiary/aromatic N) is 4. The lowest BCUT2D eigenvalue weighted by molar-refractivity contribution is -0.144. The van der Waals surface area contributed by atoms with Gasteiger partial charge in [-0.15, -0.1) is 0 Å². The van der Waals surface area contributed by atoms with Crippen molar-refractivity contribution in [1.82, 2.24) is 72.1 Å². The second-order valence-corrected chi connectivity index (χ2v) is 35.3. The van der Waals surface area contributed by atoms with Gasteiger partial charge >= 0.3 is 23.9 Å². The Balaban J connectivity index is 1.16. The number of amides is 12. The van der Waals surface area contributed by atoms with E-state index < -0.39 is 292 Å². The van der Waals surface area contributed by atoms with E-state index in [4.69, 9.17) is 10.2 Å². The van der Waals surface area contributed by atoms with Crippen LogP contribution in [0.1, 0.15) is 188 Å². The lowest BCUT2D eigenvalue weighted by atomic mass is 9.82. The summed E-state index contributed by atoms with van der Waals surface area (Å²) in [5.74, 6) is -20.9. The molecule has 2 aromatic heterocycles. The molecule has 8 unspecified atom stereocenters. The molecule has 0 aliphatic rings. The Hall–Kier alpha value is -13.4. The van der Waals surface area contributed by atoms with E-state index in [1.165, 1.54) is 23.6 Å². The van der Waals surface area contributed by atoms with Crippen molar-refractivity contribution in [2.75, 3.05) is 39.4 Å². The molecule has 0 aliphatic heterocycles. The molecule has 0 saturated carbocycles. The van der Waals surface area contributed by atoms with Crippen LogP contribution in [0.25, 0.3) is 22.3 Å². The van der Waals surface area contributed by atoms with E-state index in [0.717, 1.165) is 47.5 Å². The molecule has 6 aromatic rings. The van der Waals surface area contributed by atoms with Gasteiger partial charge in [-0.25, -0.2) is 27.2 Å². The molecule has 0 spiro atoms. The Labute approximate surface area is 767 Å². The number of carbonyl (C=O) groups is 16. The fraction of sp³-hybridized carbons (Fsp3) is 0.484. The average Bonchev–Trinajstić information content (AvgIpc) is 1.64. The van der Waals surface area contributed by atoms with Crippen LogP contribution in [0.15, 0.2) is 122 Å². The van der Waals surface area contributed by atoms with Gasteiger partial charge in [-0.2, -0.15) is 0 Å². The first-order valence-corrected chi connectivity index (χ1v) is 43.6. The lowest BCUT2D eigenvalue weighted by Gasteiger charge is -2.41. The Kier molecular flexibility index (Phi) is 41.4. The first-order valence-electron chi connectivity index (χ1n) is 43.6. The van der Waals surface area contributed by atoms with E-state index in [-0.39, 0.29) is 54.6 Å². The molecule has 0 radical (unpaired) electrons. The van der Waals surface area contributed by atoms with Crippen molar-refractivity contribution in [2.24, 2.45) is 22.7 Å². The maximum Gasteiger partial charge on any atom is 0.326 e. The summed E-state index contributed by atoms with van der Waals surface area (Å²) >= 11 is 0. The number of hydrogen-bond acceptors (Lipinski definition) is 18. The molecule has 724 valence electrons. The standard InChI is InChI=1S/C93H122F4N14O22/c1-52(2)80(88(128)100-54(5)84(124)104-66(86(126)98-38-34-74(116)102-68(90(130)131)30-32-78(120)121)36-40-110(76(118)50-112)82(92(7,8)9)70-42-58(62-44-60(94)26-28-64(62)96)48-108(70)46-56-20-15-13-16-21-56)106-72(114)24-19-25-73(115)107-81(53(3)4)89(129)101-55(6)85(125)105-67(87(127)99-39-35-75(117)103-69(91(132)133)31-33-79(122)123)37-41-111(77(119)51-113)83(93(10,11)12)71-43-59(63-45-61(95)27-29-65(63)97)49-109(71)47-57-22-17-14-18-23-57/h13-18,20-23,26-29,42-45,48-49,52-55,66-69,80-83,112-113H,19,24-25,30-41,46-47,50-51H2,1-12H3,(H,98,126)(H,99,127)(H,100,128)(H,101,129)(H,102,116)(H,103,117)(H,104,124)(H,105,125)(H,106,114)(H,107,115)(H,120,121)(H,122,123)(H,130,131)(H,132,133)/t54?,55?,66?,67?,68?,69?,80?,81?,82-,83-/m0/s1. The van der Waals surface area contributed by atoms with Crippen LogP contribution in [-0.2, 0) is 89.8 Å². The summed E-state index contributed by atoms with van der Waals surface area (Å²) in [4.78, 5) is 217. The van der Waals surface area contributed by atoms with E-state index in [9.17, 15) is 106 Å². The number of carboxylic acid groups (broad SMARTS) is 4. The molecule has 0 aliphatic carbocycles. The number of nitrogens with one attached hydrogen (secondary N) is 10. The number of hydrogen-bond donors (Lipinski definition) is 16. The highest BCUT2D eigenvalue weighted by Gasteiger charge is 2.42. The van der Waals surface area contributed by atoms with Gasteiger partial charge in [-0.3, -0.25) is 67.1 Å². The molecule has 133 heavy (non-hydrogen) atoms. The highest BCUT2D eigenvalue weighted by Crippen LogP contribution is 2.44. The average molecular weight is 1860 g/mol. The van der Waals surface area contributed by atoms with Crippen LogP contribution in [-0.4, -0.2) is 232 Å². The van der Waals surface area contributed by atoms with Gasteiger partial charge in [0, 0.05) is 124 Å². The predicted octanol–water partition coefficient (Wildman–Crippen LogP) is 5.89. The summed E-state index contributed by atoms with van der Waals surface area (Å²) in [7, 11) is 0. The summed E-state index contributed by atoms with van der Waals surface area (Å²) < 4.78 is 64.3. The van der Waals surface area contributed by atoms with Gasteiger partial charge in [0.2, 0.25) is 70.9 Å². The van der Waals surface area contributed by atoms with Gasteiger partial charge < -0.3 is 103 Å². The SMILES string of the molecule is CC(NC(=O)C(NC(=O)CCCC(=O)NC(C(=O)NC(C)C(=O)NC(CCN(C(=O)CO)[C@@H](c1cc(-c2cc(F)ccc2F)cn1Cc1ccccc1)C(C)(C)C)C(=O)NCCC(=O)NC(CCC(=O)O)C(=O)O)C(C)C)C(C)C)C(=O)NC(CCN(C(=O)CO)[C@@H](c1cc(-c2cc(F)ccc2F)cn1Cc1ccccc1)C(C)(C)C)C(=O)NCCC(=O)NC(CCC(=O)O)C(=O)O. The largest absolute Gasteiger partial charge is 0.481 e. The van der Waals surface area contributed by atoms with Crippen molar-refractivity contribution in [3.63, 3.8) is 0 Å². The second kappa shape index (κ2) is 50.8. The molecule has 10 atom stereocenters. The quantitative estimate of drug-likeness (QED) is 0.0198. The van der Waals surface area contributed by atoms with Crippen molar-refractivity contribution in [2.45, 2.75) is 227 Å². The van der Waals surface area contributed by atoms with Crippen LogP contribution >= 0.6 is 0 Å². The van der Waals surface area contributed by atoms with Crippen molar-refractivity contribution in [3.05, 3.63) is 167 Å². The molecule has 40 heteroatoms. The highest BCUT2D eigenvalue weighted by atomic mass is 19.1. The zero-order valence-electron chi connectivity index (χ0n) is 76.4. The van der Waals surface area contributed by atoms with Crippen molar-refractivity contribution in [3.8, 4) is 22.3 Å². The summed E-state index contributed by atoms with van der Waals surface area (Å²) in [6, 6.07) is 12.6. The second-order valence-electron chi connectivity index (χ2n) is 35.3. The molecule has 2 heterocycles. The van der Waals surface area contributed by atoms with E-state index in [1.807, 2.05) is 24.3 Å². The van der Waals surface area contributed by atoms with Crippen LogP contribution in [0.2, 0.25) is 0 Å². The van der Waals surface area contributed by atoms with E-state index in [1.54, 1.807) is 139 Å². The summed E-state index contributed by atoms with van der Waals surface area (Å²) in [6.07, 6.45) is -1.99. The molecular formula is C93H122F4N14O22.